The summed E-state index contributed by atoms with van der Waals surface area (Å²) in [6, 6.07) is 2.83. The van der Waals surface area contributed by atoms with Crippen LogP contribution in [0.15, 0.2) is 33.9 Å². The van der Waals surface area contributed by atoms with Gasteiger partial charge in [-0.05, 0) is 27.4 Å². The molecule has 2 aliphatic heterocycles. The predicted molar refractivity (Wildman–Crippen MR) is 120 cm³/mol. The molecule has 2 atom stereocenters. The first-order chi connectivity index (χ1) is 15.6. The van der Waals surface area contributed by atoms with Crippen molar-refractivity contribution in [2.24, 2.45) is 0 Å². The number of hydrogen-bond donors (Lipinski definition) is 3. The molecule has 0 aromatic carbocycles. The molecular weight excluding hydrogens is 562 g/mol. The fourth-order valence-electron chi connectivity index (χ4n) is 3.28. The maximum absolute atomic E-state index is 12.7. The number of thioether (sulfide) groups is 2. The van der Waals surface area contributed by atoms with Crippen LogP contribution in [0.25, 0.3) is 0 Å². The van der Waals surface area contributed by atoms with E-state index in [9.17, 15) is 27.9 Å². The number of aromatic nitrogens is 4. The molecule has 0 bridgehead atoms. The number of amides is 2. The SMILES string of the molecule is O=C(Cc1cccs1)NC1C(=O)N2C(C(=O)O)=C(CSc3nnnn3CS(=O)(=O)O)CS[C@H]12.[H-].[H-].[Na+].[Na+]. The average molecular weight is 581 g/mol. The van der Waals surface area contributed by atoms with Crippen LogP contribution in [-0.4, -0.2) is 83.9 Å². The van der Waals surface area contributed by atoms with Gasteiger partial charge in [-0.1, -0.05) is 17.8 Å². The molecule has 2 aromatic rings. The minimum absolute atomic E-state index is 0. The number of carboxylic acid groups (broad SMARTS) is 1. The second kappa shape index (κ2) is 12.9. The molecule has 35 heavy (non-hydrogen) atoms. The standard InChI is InChI=1S/C16H16N6O7S4.2Na.2H/c23-10(4-9-2-1-3-30-9)17-11-13(24)22-12(15(25)26)8(5-31-14(11)22)6-32-16-18-19-20-21(16)7-33(27,28)29;;;;/h1-3,11,14H,4-7H2,(H,17,23)(H,25,26)(H,27,28,29);;;;/q;2*+1;2*-1/t11?,14-;;;;/m1..../s1. The summed E-state index contributed by atoms with van der Waals surface area (Å²) < 4.78 is 32.0. The molecule has 0 radical (unpaired) electrons. The first kappa shape index (κ1) is 30.8. The normalized spacial score (nSPS) is 19.2. The van der Waals surface area contributed by atoms with Crippen molar-refractivity contribution >= 4 is 62.8 Å². The number of tetrazole rings is 1. The van der Waals surface area contributed by atoms with Crippen molar-refractivity contribution in [2.45, 2.75) is 28.9 Å². The van der Waals surface area contributed by atoms with Crippen LogP contribution in [0.3, 0.4) is 0 Å². The zero-order chi connectivity index (χ0) is 23.8. The molecule has 1 fully saturated rings. The largest absolute Gasteiger partial charge is 1.00 e. The van der Waals surface area contributed by atoms with Crippen molar-refractivity contribution in [1.29, 1.82) is 0 Å². The van der Waals surface area contributed by atoms with Gasteiger partial charge in [0.1, 0.15) is 17.1 Å². The molecule has 1 saturated heterocycles. The Labute approximate surface area is 259 Å². The van der Waals surface area contributed by atoms with E-state index in [0.29, 0.717) is 5.57 Å². The van der Waals surface area contributed by atoms with Crippen LogP contribution in [0.5, 0.6) is 0 Å². The van der Waals surface area contributed by atoms with Crippen LogP contribution in [0.4, 0.5) is 0 Å². The number of fused-ring (bicyclic) bond motifs is 1. The van der Waals surface area contributed by atoms with E-state index < -0.39 is 39.3 Å². The Kier molecular flexibility index (Phi) is 11.3. The number of aliphatic carboxylic acids is 1. The number of hydrogen-bond acceptors (Lipinski definition) is 11. The van der Waals surface area contributed by atoms with Crippen LogP contribution in [0.2, 0.25) is 0 Å². The molecule has 4 heterocycles. The minimum Gasteiger partial charge on any atom is -1.00 e. The van der Waals surface area contributed by atoms with Gasteiger partial charge in [0.25, 0.3) is 16.0 Å². The molecule has 180 valence electrons. The van der Waals surface area contributed by atoms with Gasteiger partial charge in [-0.2, -0.15) is 8.42 Å². The fraction of sp³-hybridized carbons (Fsp3) is 0.375. The Morgan fingerprint density at radius 1 is 1.34 bits per heavy atom. The van der Waals surface area contributed by atoms with Crippen LogP contribution in [0, 0.1) is 0 Å². The first-order valence-corrected chi connectivity index (χ1v) is 13.7. The molecule has 2 amide bonds. The summed E-state index contributed by atoms with van der Waals surface area (Å²) in [6.07, 6.45) is 0.140. The van der Waals surface area contributed by atoms with Crippen molar-refractivity contribution in [3.05, 3.63) is 33.7 Å². The van der Waals surface area contributed by atoms with Gasteiger partial charge in [-0.3, -0.25) is 19.0 Å². The number of carboxylic acids is 1. The molecule has 0 spiro atoms. The van der Waals surface area contributed by atoms with Gasteiger partial charge in [0, 0.05) is 16.4 Å². The van der Waals surface area contributed by atoms with Crippen molar-refractivity contribution in [1.82, 2.24) is 30.4 Å². The number of nitrogens with one attached hydrogen (secondary N) is 1. The van der Waals surface area contributed by atoms with Crippen molar-refractivity contribution < 1.29 is 94.4 Å². The summed E-state index contributed by atoms with van der Waals surface area (Å²) in [5.74, 6) is -2.61. The third kappa shape index (κ3) is 7.31. The second-order valence-electron chi connectivity index (χ2n) is 6.93. The Balaban J connectivity index is 0.00000324. The van der Waals surface area contributed by atoms with Gasteiger partial charge in [-0.25, -0.2) is 9.48 Å². The van der Waals surface area contributed by atoms with Gasteiger partial charge < -0.3 is 13.3 Å². The summed E-state index contributed by atoms with van der Waals surface area (Å²) in [4.78, 5) is 38.9. The monoisotopic (exact) mass is 580 g/mol. The third-order valence-corrected chi connectivity index (χ3v) is 8.47. The number of β-lactam (4-membered cyclic amide) rings is 1. The smallest absolute Gasteiger partial charge is 1.00 e. The first-order valence-electron chi connectivity index (χ1n) is 9.20. The predicted octanol–water partition coefficient (Wildman–Crippen LogP) is -6.11. The number of rotatable bonds is 9. The number of carbonyl (C=O) groups is 3. The van der Waals surface area contributed by atoms with Crippen LogP contribution >= 0.6 is 34.9 Å². The maximum Gasteiger partial charge on any atom is 1.00 e. The molecule has 19 heteroatoms. The molecule has 3 N–H and O–H groups in total. The topological polar surface area (TPSA) is 185 Å². The summed E-state index contributed by atoms with van der Waals surface area (Å²) in [6.45, 7) is 0. The minimum atomic E-state index is -4.37. The van der Waals surface area contributed by atoms with Crippen molar-refractivity contribution in [3.63, 3.8) is 0 Å². The Bertz CT molecular complexity index is 1250. The Morgan fingerprint density at radius 3 is 2.71 bits per heavy atom. The fourth-order valence-corrected chi connectivity index (χ4v) is 6.91. The van der Waals surface area contributed by atoms with E-state index in [0.717, 1.165) is 26.2 Å². The summed E-state index contributed by atoms with van der Waals surface area (Å²) in [5, 5.41) is 24.3. The van der Waals surface area contributed by atoms with Gasteiger partial charge in [-0.15, -0.1) is 28.2 Å². The summed E-state index contributed by atoms with van der Waals surface area (Å²) in [5.41, 5.74) is 0.251. The van der Waals surface area contributed by atoms with Crippen molar-refractivity contribution in [2.75, 3.05) is 11.5 Å². The van der Waals surface area contributed by atoms with Gasteiger partial charge in [0.2, 0.25) is 11.1 Å². The zero-order valence-corrected chi connectivity index (χ0v) is 25.8. The molecule has 13 nitrogen and oxygen atoms in total. The van der Waals surface area contributed by atoms with Crippen LogP contribution in [0.1, 0.15) is 7.73 Å². The number of carbonyl (C=O) groups excluding carboxylic acids is 2. The van der Waals surface area contributed by atoms with Crippen LogP contribution in [-0.2, 0) is 36.8 Å². The average Bonchev–Trinajstić information content (AvgIpc) is 3.40. The summed E-state index contributed by atoms with van der Waals surface area (Å²) in [7, 11) is -4.37. The van der Waals surface area contributed by atoms with Crippen molar-refractivity contribution in [3.8, 4) is 0 Å². The molecule has 4 rings (SSSR count). The van der Waals surface area contributed by atoms with E-state index in [1.165, 1.54) is 23.1 Å². The van der Waals surface area contributed by atoms with E-state index in [2.05, 4.69) is 20.8 Å². The van der Waals surface area contributed by atoms with E-state index in [4.69, 9.17) is 4.55 Å². The molecule has 2 aromatic heterocycles. The Hall–Kier alpha value is -0.470. The summed E-state index contributed by atoms with van der Waals surface area (Å²) >= 11 is 3.72. The van der Waals surface area contributed by atoms with Gasteiger partial charge in [0.05, 0.1) is 6.42 Å². The van der Waals surface area contributed by atoms with E-state index >= 15 is 0 Å². The molecule has 0 saturated carbocycles. The molecular formula is C16H18N6Na2O7S4. The van der Waals surface area contributed by atoms with E-state index in [-0.39, 0.29) is 96.7 Å². The van der Waals surface area contributed by atoms with E-state index in [1.807, 2.05) is 17.5 Å². The Morgan fingerprint density at radius 2 is 2.09 bits per heavy atom. The van der Waals surface area contributed by atoms with Gasteiger partial charge in [0.15, 0.2) is 5.88 Å². The maximum atomic E-state index is 12.7. The van der Waals surface area contributed by atoms with E-state index in [1.54, 1.807) is 0 Å². The van der Waals surface area contributed by atoms with Gasteiger partial charge >= 0.3 is 65.1 Å². The third-order valence-electron chi connectivity index (χ3n) is 4.64. The van der Waals surface area contributed by atoms with Crippen LogP contribution < -0.4 is 64.4 Å². The second-order valence-corrected chi connectivity index (χ2v) is 11.4. The molecule has 1 unspecified atom stereocenters. The quantitative estimate of drug-likeness (QED) is 0.111. The number of nitrogens with zero attached hydrogens (tertiary/aromatic N) is 5. The molecule has 0 aliphatic carbocycles. The zero-order valence-electron chi connectivity index (χ0n) is 20.5. The molecule has 2 aliphatic rings. The number of thiophene rings is 1.